The fraction of sp³-hybridized carbons (Fsp3) is 0.333. The van der Waals surface area contributed by atoms with Gasteiger partial charge >= 0.3 is 0 Å². The molecule has 0 fully saturated rings. The number of allylic oxidation sites excluding steroid dienone is 1. The van der Waals surface area contributed by atoms with Crippen LogP contribution in [0.15, 0.2) is 18.5 Å². The molecule has 0 aliphatic heterocycles. The van der Waals surface area contributed by atoms with E-state index in [2.05, 4.69) is 15.4 Å². The summed E-state index contributed by atoms with van der Waals surface area (Å²) in [6.45, 7) is 4.28. The summed E-state index contributed by atoms with van der Waals surface area (Å²) < 4.78 is 5.39. The number of hydrogen-bond donors (Lipinski definition) is 2. The number of nitrogens with two attached hydrogens (primary N) is 1. The molecular formula is C9H14N4O. The van der Waals surface area contributed by atoms with Crippen LogP contribution in [0, 0.1) is 6.92 Å². The van der Waals surface area contributed by atoms with Crippen molar-refractivity contribution in [3.8, 4) is 5.88 Å². The molecule has 0 atom stereocenters. The van der Waals surface area contributed by atoms with Crippen molar-refractivity contribution >= 4 is 5.82 Å². The summed E-state index contributed by atoms with van der Waals surface area (Å²) in [4.78, 5) is 7.94. The predicted octanol–water partition coefficient (Wildman–Crippen LogP) is 1.03. The van der Waals surface area contributed by atoms with Crippen LogP contribution in [0.4, 0.5) is 5.82 Å². The van der Waals surface area contributed by atoms with Gasteiger partial charge in [0.1, 0.15) is 18.8 Å². The quantitative estimate of drug-likeness (QED) is 0.425. The average molecular weight is 194 g/mol. The lowest BCUT2D eigenvalue weighted by Gasteiger charge is -2.08. The van der Waals surface area contributed by atoms with Crippen molar-refractivity contribution in [1.29, 1.82) is 0 Å². The van der Waals surface area contributed by atoms with E-state index in [1.54, 1.807) is 0 Å². The van der Waals surface area contributed by atoms with Gasteiger partial charge in [0.05, 0.1) is 5.56 Å². The molecule has 14 heavy (non-hydrogen) atoms. The van der Waals surface area contributed by atoms with Gasteiger partial charge in [0.2, 0.25) is 5.88 Å². The van der Waals surface area contributed by atoms with Crippen molar-refractivity contribution in [2.45, 2.75) is 13.8 Å². The number of nitrogen functional groups attached to an aromatic ring is 1. The molecule has 1 rings (SSSR count). The van der Waals surface area contributed by atoms with Crippen molar-refractivity contribution in [2.24, 2.45) is 5.84 Å². The van der Waals surface area contributed by atoms with Gasteiger partial charge in [-0.1, -0.05) is 12.2 Å². The first kappa shape index (κ1) is 10.5. The maximum Gasteiger partial charge on any atom is 0.221 e. The molecule has 1 heterocycles. The zero-order valence-corrected chi connectivity index (χ0v) is 8.32. The van der Waals surface area contributed by atoms with Crippen LogP contribution < -0.4 is 16.0 Å². The van der Waals surface area contributed by atoms with Gasteiger partial charge in [0.25, 0.3) is 0 Å². The fourth-order valence-electron chi connectivity index (χ4n) is 0.948. The monoisotopic (exact) mass is 194 g/mol. The van der Waals surface area contributed by atoms with Gasteiger partial charge in [0.15, 0.2) is 0 Å². The first-order chi connectivity index (χ1) is 6.79. The third-order valence-electron chi connectivity index (χ3n) is 1.73. The third kappa shape index (κ3) is 2.43. The molecule has 5 nitrogen and oxygen atoms in total. The van der Waals surface area contributed by atoms with Crippen LogP contribution in [0.5, 0.6) is 5.88 Å². The smallest absolute Gasteiger partial charge is 0.221 e. The summed E-state index contributed by atoms with van der Waals surface area (Å²) in [5.41, 5.74) is 3.28. The average Bonchev–Trinajstić information content (AvgIpc) is 2.21. The van der Waals surface area contributed by atoms with E-state index in [0.29, 0.717) is 18.3 Å². The Morgan fingerprint density at radius 3 is 3.00 bits per heavy atom. The topological polar surface area (TPSA) is 73.1 Å². The van der Waals surface area contributed by atoms with Crippen molar-refractivity contribution in [2.75, 3.05) is 12.0 Å². The summed E-state index contributed by atoms with van der Waals surface area (Å²) in [7, 11) is 0. The molecule has 0 unspecified atom stereocenters. The molecule has 0 saturated heterocycles. The molecule has 0 spiro atoms. The van der Waals surface area contributed by atoms with Gasteiger partial charge in [-0.25, -0.2) is 15.8 Å². The van der Waals surface area contributed by atoms with E-state index in [-0.39, 0.29) is 0 Å². The van der Waals surface area contributed by atoms with E-state index in [0.717, 1.165) is 5.56 Å². The normalized spacial score (nSPS) is 10.5. The Bertz CT molecular complexity index is 325. The number of aromatic nitrogens is 2. The zero-order chi connectivity index (χ0) is 10.4. The van der Waals surface area contributed by atoms with E-state index in [9.17, 15) is 0 Å². The molecule has 0 aromatic carbocycles. The molecule has 1 aromatic rings. The predicted molar refractivity (Wildman–Crippen MR) is 54.9 cm³/mol. The highest BCUT2D eigenvalue weighted by atomic mass is 16.5. The van der Waals surface area contributed by atoms with Crippen LogP contribution in [0.2, 0.25) is 0 Å². The maximum absolute atomic E-state index is 5.39. The minimum Gasteiger partial charge on any atom is -0.473 e. The Kier molecular flexibility index (Phi) is 3.87. The number of anilines is 1. The number of hydrazine groups is 1. The van der Waals surface area contributed by atoms with Gasteiger partial charge in [-0.05, 0) is 13.8 Å². The summed E-state index contributed by atoms with van der Waals surface area (Å²) in [5, 5.41) is 0. The Labute approximate surface area is 83.0 Å². The zero-order valence-electron chi connectivity index (χ0n) is 8.32. The van der Waals surface area contributed by atoms with E-state index < -0.39 is 0 Å². The molecule has 5 heteroatoms. The Morgan fingerprint density at radius 2 is 2.36 bits per heavy atom. The van der Waals surface area contributed by atoms with Crippen molar-refractivity contribution in [3.05, 3.63) is 24.0 Å². The highest BCUT2D eigenvalue weighted by molar-refractivity contribution is 5.46. The fourth-order valence-corrected chi connectivity index (χ4v) is 0.948. The van der Waals surface area contributed by atoms with Crippen molar-refractivity contribution in [3.63, 3.8) is 0 Å². The molecule has 0 radical (unpaired) electrons. The summed E-state index contributed by atoms with van der Waals surface area (Å²) in [5.74, 6) is 6.39. The second-order valence-corrected chi connectivity index (χ2v) is 2.68. The second kappa shape index (κ2) is 5.18. The number of ether oxygens (including phenoxy) is 1. The molecule has 0 amide bonds. The van der Waals surface area contributed by atoms with Crippen molar-refractivity contribution in [1.82, 2.24) is 9.97 Å². The molecule has 1 aromatic heterocycles. The highest BCUT2D eigenvalue weighted by Gasteiger charge is 2.05. The summed E-state index contributed by atoms with van der Waals surface area (Å²) in [6, 6.07) is 0. The van der Waals surface area contributed by atoms with Gasteiger partial charge in [-0.2, -0.15) is 0 Å². The van der Waals surface area contributed by atoms with Gasteiger partial charge in [0, 0.05) is 0 Å². The molecular weight excluding hydrogens is 180 g/mol. The number of nitrogens with one attached hydrogen (secondary N) is 1. The van der Waals surface area contributed by atoms with Crippen LogP contribution in [-0.2, 0) is 0 Å². The Morgan fingerprint density at radius 1 is 1.57 bits per heavy atom. The molecule has 3 N–H and O–H groups in total. The lowest BCUT2D eigenvalue weighted by atomic mass is 10.3. The third-order valence-corrected chi connectivity index (χ3v) is 1.73. The van der Waals surface area contributed by atoms with Crippen molar-refractivity contribution < 1.29 is 4.74 Å². The number of hydrogen-bond acceptors (Lipinski definition) is 5. The van der Waals surface area contributed by atoms with Crippen LogP contribution >= 0.6 is 0 Å². The number of nitrogens with zero attached hydrogens (tertiary/aromatic N) is 2. The van der Waals surface area contributed by atoms with E-state index in [1.165, 1.54) is 6.33 Å². The van der Waals surface area contributed by atoms with Gasteiger partial charge in [-0.15, -0.1) is 0 Å². The Hall–Kier alpha value is -1.62. The molecule has 0 saturated carbocycles. The molecule has 0 aliphatic carbocycles. The first-order valence-corrected chi connectivity index (χ1v) is 4.31. The standard InChI is InChI=1S/C9H14N4O/c1-3-4-5-14-9-7(2)8(13-10)11-6-12-9/h3-4,6H,5,10H2,1-2H3,(H,11,12,13)/b4-3+. The number of rotatable bonds is 4. The largest absolute Gasteiger partial charge is 0.473 e. The van der Waals surface area contributed by atoms with Crippen LogP contribution in [0.25, 0.3) is 0 Å². The van der Waals surface area contributed by atoms with Gasteiger partial charge < -0.3 is 10.2 Å². The first-order valence-electron chi connectivity index (χ1n) is 4.31. The second-order valence-electron chi connectivity index (χ2n) is 2.68. The van der Waals surface area contributed by atoms with E-state index in [1.807, 2.05) is 26.0 Å². The Balaban J connectivity index is 2.76. The SMILES string of the molecule is C/C=C/COc1ncnc(NN)c1C. The van der Waals surface area contributed by atoms with Crippen LogP contribution in [0.1, 0.15) is 12.5 Å². The maximum atomic E-state index is 5.39. The van der Waals surface area contributed by atoms with Crippen LogP contribution in [-0.4, -0.2) is 16.6 Å². The summed E-state index contributed by atoms with van der Waals surface area (Å²) >= 11 is 0. The molecule has 0 aliphatic rings. The van der Waals surface area contributed by atoms with E-state index in [4.69, 9.17) is 10.6 Å². The van der Waals surface area contributed by atoms with E-state index >= 15 is 0 Å². The lowest BCUT2D eigenvalue weighted by Crippen LogP contribution is -2.11. The minimum absolute atomic E-state index is 0.498. The highest BCUT2D eigenvalue weighted by Crippen LogP contribution is 2.18. The van der Waals surface area contributed by atoms with Gasteiger partial charge in [-0.3, -0.25) is 0 Å². The van der Waals surface area contributed by atoms with Crippen LogP contribution in [0.3, 0.4) is 0 Å². The minimum atomic E-state index is 0.498. The molecule has 0 bridgehead atoms. The summed E-state index contributed by atoms with van der Waals surface area (Å²) in [6.07, 6.45) is 5.23. The molecule has 76 valence electrons. The lowest BCUT2D eigenvalue weighted by molar-refractivity contribution is 0.345.